The molecular weight excluding hydrogens is 250 g/mol. The van der Waals surface area contributed by atoms with Gasteiger partial charge in [0.1, 0.15) is 0 Å². The average molecular weight is 265 g/mol. The molecule has 1 heterocycles. The van der Waals surface area contributed by atoms with Gasteiger partial charge in [-0.25, -0.2) is 0 Å². The third-order valence-electron chi connectivity index (χ3n) is 2.62. The summed E-state index contributed by atoms with van der Waals surface area (Å²) < 4.78 is 11.2. The van der Waals surface area contributed by atoms with E-state index in [4.69, 9.17) is 0 Å². The van der Waals surface area contributed by atoms with Crippen molar-refractivity contribution in [2.75, 3.05) is 18.1 Å². The minimum Gasteiger partial charge on any atom is -0.350 e. The molecule has 18 heavy (non-hydrogen) atoms. The number of aromatic nitrogens is 2. The Morgan fingerprint density at radius 1 is 1.44 bits per heavy atom. The van der Waals surface area contributed by atoms with E-state index in [2.05, 4.69) is 15.5 Å². The molecule has 1 aromatic carbocycles. The van der Waals surface area contributed by atoms with Crippen molar-refractivity contribution in [3.8, 4) is 0 Å². The SMILES string of the molecule is CCS(=O)CCNC(=O)c1n[nH]c2ccccc12. The van der Waals surface area contributed by atoms with Crippen LogP contribution in [0.3, 0.4) is 0 Å². The number of nitrogens with zero attached hydrogens (tertiary/aromatic N) is 1. The van der Waals surface area contributed by atoms with Gasteiger partial charge >= 0.3 is 0 Å². The number of H-pyrrole nitrogens is 1. The first-order chi connectivity index (χ1) is 8.72. The summed E-state index contributed by atoms with van der Waals surface area (Å²) in [6.45, 7) is 2.26. The van der Waals surface area contributed by atoms with Gasteiger partial charge in [-0.05, 0) is 6.07 Å². The number of nitrogens with one attached hydrogen (secondary N) is 2. The van der Waals surface area contributed by atoms with Gasteiger partial charge in [-0.15, -0.1) is 0 Å². The lowest BCUT2D eigenvalue weighted by atomic mass is 10.2. The van der Waals surface area contributed by atoms with Crippen LogP contribution < -0.4 is 5.32 Å². The maximum absolute atomic E-state index is 11.9. The van der Waals surface area contributed by atoms with Gasteiger partial charge in [0, 0.05) is 34.2 Å². The van der Waals surface area contributed by atoms with Crippen LogP contribution in [0, 0.1) is 0 Å². The molecule has 0 aliphatic heterocycles. The lowest BCUT2D eigenvalue weighted by Gasteiger charge is -2.02. The Hall–Kier alpha value is -1.69. The number of hydrogen-bond donors (Lipinski definition) is 2. The number of hydrogen-bond acceptors (Lipinski definition) is 3. The summed E-state index contributed by atoms with van der Waals surface area (Å²) in [7, 11) is -0.860. The zero-order chi connectivity index (χ0) is 13.0. The maximum atomic E-state index is 11.9. The fraction of sp³-hybridized carbons (Fsp3) is 0.333. The third-order valence-corrected chi connectivity index (χ3v) is 3.93. The Kier molecular flexibility index (Phi) is 4.09. The molecule has 0 saturated heterocycles. The zero-order valence-corrected chi connectivity index (χ0v) is 10.9. The van der Waals surface area contributed by atoms with E-state index >= 15 is 0 Å². The molecule has 0 saturated carbocycles. The molecule has 1 amide bonds. The van der Waals surface area contributed by atoms with Crippen LogP contribution in [0.4, 0.5) is 0 Å². The number of aromatic amines is 1. The van der Waals surface area contributed by atoms with Gasteiger partial charge in [-0.2, -0.15) is 5.10 Å². The van der Waals surface area contributed by atoms with Gasteiger partial charge in [0.25, 0.3) is 5.91 Å². The summed E-state index contributed by atoms with van der Waals surface area (Å²) in [4.78, 5) is 11.9. The predicted octanol–water partition coefficient (Wildman–Crippen LogP) is 1.06. The van der Waals surface area contributed by atoms with Crippen molar-refractivity contribution < 1.29 is 9.00 Å². The Balaban J connectivity index is 2.03. The molecule has 1 unspecified atom stereocenters. The van der Waals surface area contributed by atoms with E-state index in [0.717, 1.165) is 10.9 Å². The first-order valence-electron chi connectivity index (χ1n) is 5.78. The highest BCUT2D eigenvalue weighted by molar-refractivity contribution is 7.84. The minimum atomic E-state index is -0.860. The molecule has 0 bridgehead atoms. The lowest BCUT2D eigenvalue weighted by molar-refractivity contribution is 0.0953. The number of para-hydroxylation sites is 1. The summed E-state index contributed by atoms with van der Waals surface area (Å²) in [5.74, 6) is 0.853. The molecule has 1 atom stereocenters. The van der Waals surface area contributed by atoms with Gasteiger partial charge < -0.3 is 5.32 Å². The van der Waals surface area contributed by atoms with Crippen LogP contribution in [0.15, 0.2) is 24.3 Å². The summed E-state index contributed by atoms with van der Waals surface area (Å²) >= 11 is 0. The highest BCUT2D eigenvalue weighted by Crippen LogP contribution is 2.14. The van der Waals surface area contributed by atoms with Gasteiger partial charge in [-0.1, -0.05) is 25.1 Å². The van der Waals surface area contributed by atoms with Crippen LogP contribution in [-0.4, -0.2) is 38.4 Å². The number of rotatable bonds is 5. The van der Waals surface area contributed by atoms with Crippen molar-refractivity contribution in [1.82, 2.24) is 15.5 Å². The summed E-state index contributed by atoms with van der Waals surface area (Å²) in [5.41, 5.74) is 1.22. The van der Waals surface area contributed by atoms with Crippen molar-refractivity contribution in [2.45, 2.75) is 6.92 Å². The van der Waals surface area contributed by atoms with Crippen LogP contribution in [0.1, 0.15) is 17.4 Å². The Morgan fingerprint density at radius 3 is 3.00 bits per heavy atom. The van der Waals surface area contributed by atoms with E-state index < -0.39 is 10.8 Å². The van der Waals surface area contributed by atoms with Crippen LogP contribution in [0.25, 0.3) is 10.9 Å². The van der Waals surface area contributed by atoms with E-state index in [1.165, 1.54) is 0 Å². The number of carbonyl (C=O) groups excluding carboxylic acids is 1. The van der Waals surface area contributed by atoms with Crippen molar-refractivity contribution in [2.24, 2.45) is 0 Å². The van der Waals surface area contributed by atoms with E-state index in [1.807, 2.05) is 31.2 Å². The second-order valence-electron chi connectivity index (χ2n) is 3.81. The Labute approximate surface area is 107 Å². The predicted molar refractivity (Wildman–Crippen MR) is 72.0 cm³/mol. The molecular formula is C12H15N3O2S. The molecule has 0 fully saturated rings. The van der Waals surface area contributed by atoms with E-state index in [9.17, 15) is 9.00 Å². The van der Waals surface area contributed by atoms with Gasteiger partial charge in [-0.3, -0.25) is 14.1 Å². The number of fused-ring (bicyclic) bond motifs is 1. The molecule has 5 nitrogen and oxygen atoms in total. The monoisotopic (exact) mass is 265 g/mol. The number of carbonyl (C=O) groups is 1. The third kappa shape index (κ3) is 2.76. The Morgan fingerprint density at radius 2 is 2.22 bits per heavy atom. The molecule has 96 valence electrons. The lowest BCUT2D eigenvalue weighted by Crippen LogP contribution is -2.28. The minimum absolute atomic E-state index is 0.236. The summed E-state index contributed by atoms with van der Waals surface area (Å²) in [6, 6.07) is 7.45. The normalized spacial score (nSPS) is 12.5. The van der Waals surface area contributed by atoms with Crippen LogP contribution in [-0.2, 0) is 10.8 Å². The maximum Gasteiger partial charge on any atom is 0.272 e. The standard InChI is InChI=1S/C12H15N3O2S/c1-2-18(17)8-7-13-12(16)11-9-5-3-4-6-10(9)14-15-11/h3-6H,2,7-8H2,1H3,(H,13,16)(H,14,15). The fourth-order valence-corrected chi connectivity index (χ4v) is 2.26. The van der Waals surface area contributed by atoms with E-state index in [1.54, 1.807) is 0 Å². The molecule has 0 radical (unpaired) electrons. The highest BCUT2D eigenvalue weighted by Gasteiger charge is 2.13. The van der Waals surface area contributed by atoms with Gasteiger partial charge in [0.2, 0.25) is 0 Å². The number of benzene rings is 1. The highest BCUT2D eigenvalue weighted by atomic mass is 32.2. The molecule has 2 N–H and O–H groups in total. The molecule has 6 heteroatoms. The molecule has 0 spiro atoms. The molecule has 0 aliphatic rings. The molecule has 0 aliphatic carbocycles. The number of amides is 1. The van der Waals surface area contributed by atoms with Crippen molar-refractivity contribution >= 4 is 27.6 Å². The quantitative estimate of drug-likeness (QED) is 0.849. The first-order valence-corrected chi connectivity index (χ1v) is 7.27. The van der Waals surface area contributed by atoms with E-state index in [-0.39, 0.29) is 5.91 Å². The van der Waals surface area contributed by atoms with Crippen molar-refractivity contribution in [3.05, 3.63) is 30.0 Å². The topological polar surface area (TPSA) is 74.8 Å². The Bertz CT molecular complexity index is 579. The fourth-order valence-electron chi connectivity index (χ4n) is 1.64. The second kappa shape index (κ2) is 5.77. The van der Waals surface area contributed by atoms with Crippen molar-refractivity contribution in [1.29, 1.82) is 0 Å². The molecule has 1 aromatic heterocycles. The molecule has 2 aromatic rings. The average Bonchev–Trinajstić information content (AvgIpc) is 2.82. The van der Waals surface area contributed by atoms with Crippen LogP contribution in [0.2, 0.25) is 0 Å². The summed E-state index contributed by atoms with van der Waals surface area (Å²) in [5, 5.41) is 10.3. The second-order valence-corrected chi connectivity index (χ2v) is 5.67. The summed E-state index contributed by atoms with van der Waals surface area (Å²) in [6.07, 6.45) is 0. The van der Waals surface area contributed by atoms with Crippen LogP contribution >= 0.6 is 0 Å². The largest absolute Gasteiger partial charge is 0.350 e. The van der Waals surface area contributed by atoms with Crippen molar-refractivity contribution in [3.63, 3.8) is 0 Å². The molecule has 2 rings (SSSR count). The van der Waals surface area contributed by atoms with E-state index in [0.29, 0.717) is 23.7 Å². The smallest absolute Gasteiger partial charge is 0.272 e. The van der Waals surface area contributed by atoms with Gasteiger partial charge in [0.15, 0.2) is 5.69 Å². The first kappa shape index (κ1) is 12.8. The zero-order valence-electron chi connectivity index (χ0n) is 10.1. The van der Waals surface area contributed by atoms with Gasteiger partial charge in [0.05, 0.1) is 5.52 Å². The van der Waals surface area contributed by atoms with Crippen LogP contribution in [0.5, 0.6) is 0 Å².